The van der Waals surface area contributed by atoms with Crippen molar-refractivity contribution in [2.75, 3.05) is 11.9 Å². The Kier molecular flexibility index (Phi) is 5.89. The van der Waals surface area contributed by atoms with Crippen LogP contribution in [0.4, 0.5) is 5.00 Å². The maximum Gasteiger partial charge on any atom is 0.246 e. The first kappa shape index (κ1) is 20.7. The number of amides is 1. The summed E-state index contributed by atoms with van der Waals surface area (Å²) in [7, 11) is 0. The van der Waals surface area contributed by atoms with Crippen molar-refractivity contribution < 1.29 is 4.79 Å². The van der Waals surface area contributed by atoms with E-state index in [1.54, 1.807) is 11.3 Å². The van der Waals surface area contributed by atoms with Crippen molar-refractivity contribution in [3.63, 3.8) is 0 Å². The molecule has 1 N–H and O–H groups in total. The minimum absolute atomic E-state index is 0.0989. The van der Waals surface area contributed by atoms with Crippen LogP contribution < -0.4 is 5.32 Å². The van der Waals surface area contributed by atoms with Gasteiger partial charge in [0.2, 0.25) is 5.91 Å². The van der Waals surface area contributed by atoms with Crippen LogP contribution in [0.1, 0.15) is 21.6 Å². The number of halogens is 1. The Bertz CT molecular complexity index is 1290. The Morgan fingerprint density at radius 2 is 1.56 bits per heavy atom. The van der Waals surface area contributed by atoms with Crippen molar-refractivity contribution in [1.82, 2.24) is 0 Å². The number of hydrogen-bond donors (Lipinski definition) is 1. The number of nitrogens with one attached hydrogen (secondary N) is 1. The van der Waals surface area contributed by atoms with Gasteiger partial charge >= 0.3 is 0 Å². The van der Waals surface area contributed by atoms with E-state index in [1.807, 2.05) is 30.3 Å². The van der Waals surface area contributed by atoms with Crippen molar-refractivity contribution in [3.05, 3.63) is 112 Å². The van der Waals surface area contributed by atoms with Crippen molar-refractivity contribution in [2.24, 2.45) is 4.99 Å². The lowest BCUT2D eigenvalue weighted by Gasteiger charge is -2.07. The molecule has 5 rings (SSSR count). The van der Waals surface area contributed by atoms with E-state index >= 15 is 0 Å². The summed E-state index contributed by atoms with van der Waals surface area (Å²) in [5.74, 6) is -0.0989. The van der Waals surface area contributed by atoms with Gasteiger partial charge in [-0.2, -0.15) is 0 Å². The molecule has 5 heteroatoms. The van der Waals surface area contributed by atoms with Crippen molar-refractivity contribution in [1.29, 1.82) is 0 Å². The Morgan fingerprint density at radius 3 is 2.34 bits per heavy atom. The van der Waals surface area contributed by atoms with E-state index in [0.29, 0.717) is 5.02 Å². The maximum absolute atomic E-state index is 12.2. The number of fused-ring (bicyclic) bond motifs is 1. The smallest absolute Gasteiger partial charge is 0.246 e. The highest BCUT2D eigenvalue weighted by molar-refractivity contribution is 7.16. The van der Waals surface area contributed by atoms with Crippen molar-refractivity contribution in [2.45, 2.75) is 12.8 Å². The summed E-state index contributed by atoms with van der Waals surface area (Å²) in [5.41, 5.74) is 6.32. The number of nitrogens with zero attached hydrogens (tertiary/aromatic N) is 1. The highest BCUT2D eigenvalue weighted by Crippen LogP contribution is 2.34. The van der Waals surface area contributed by atoms with Crippen LogP contribution in [0.2, 0.25) is 5.02 Å². The SMILES string of the molecule is O=C1CN=C(c2ccccc2Cl)c2cc(CCc3ccc(-c4ccccc4)cc3)sc2N1. The van der Waals surface area contributed by atoms with Crippen LogP contribution in [-0.2, 0) is 17.6 Å². The predicted molar refractivity (Wildman–Crippen MR) is 134 cm³/mol. The van der Waals surface area contributed by atoms with Gasteiger partial charge in [-0.05, 0) is 41.7 Å². The molecule has 3 aromatic carbocycles. The standard InChI is InChI=1S/C27H21ClN2OS/c28-24-9-5-4-8-22(24)26-23-16-21(32-27(23)30-25(31)17-29-26)15-12-18-10-13-20(14-11-18)19-6-2-1-3-7-19/h1-11,13-14,16H,12,15,17H2,(H,30,31). The third kappa shape index (κ3) is 4.38. The molecule has 0 saturated carbocycles. The number of carbonyl (C=O) groups excluding carboxylic acids is 1. The van der Waals surface area contributed by atoms with Gasteiger partial charge in [-0.1, -0.05) is 84.4 Å². The fourth-order valence-corrected chi connectivity index (χ4v) is 5.18. The number of anilines is 1. The molecular formula is C27H21ClN2OS. The highest BCUT2D eigenvalue weighted by atomic mass is 35.5. The number of aliphatic imine (C=N–C) groups is 1. The summed E-state index contributed by atoms with van der Waals surface area (Å²) in [6, 6.07) is 28.9. The molecule has 158 valence electrons. The van der Waals surface area contributed by atoms with Crippen LogP contribution in [-0.4, -0.2) is 18.2 Å². The number of aryl methyl sites for hydroxylation is 2. The first-order valence-corrected chi connectivity index (χ1v) is 11.7. The van der Waals surface area contributed by atoms with Crippen molar-refractivity contribution in [3.8, 4) is 11.1 Å². The number of thiophene rings is 1. The molecule has 2 heterocycles. The largest absolute Gasteiger partial charge is 0.316 e. The van der Waals surface area contributed by atoms with E-state index in [2.05, 4.69) is 64.9 Å². The van der Waals surface area contributed by atoms with Gasteiger partial charge < -0.3 is 5.32 Å². The maximum atomic E-state index is 12.2. The summed E-state index contributed by atoms with van der Waals surface area (Å²) < 4.78 is 0. The van der Waals surface area contributed by atoms with E-state index in [9.17, 15) is 4.79 Å². The number of benzene rings is 3. The molecule has 1 aliphatic heterocycles. The van der Waals surface area contributed by atoms with Gasteiger partial charge in [0.15, 0.2) is 0 Å². The molecule has 1 aliphatic rings. The van der Waals surface area contributed by atoms with Crippen LogP contribution in [0.25, 0.3) is 11.1 Å². The normalized spacial score (nSPS) is 13.2. The quantitative estimate of drug-likeness (QED) is 0.359. The molecule has 1 amide bonds. The third-order valence-electron chi connectivity index (χ3n) is 5.52. The summed E-state index contributed by atoms with van der Waals surface area (Å²) >= 11 is 8.06. The van der Waals surface area contributed by atoms with E-state index in [0.717, 1.165) is 34.7 Å². The monoisotopic (exact) mass is 456 g/mol. The van der Waals surface area contributed by atoms with Gasteiger partial charge in [-0.25, -0.2) is 0 Å². The lowest BCUT2D eigenvalue weighted by atomic mass is 10.0. The van der Waals surface area contributed by atoms with Crippen LogP contribution in [0.5, 0.6) is 0 Å². The predicted octanol–water partition coefficient (Wildman–Crippen LogP) is 6.64. The average Bonchev–Trinajstić information content (AvgIpc) is 3.15. The van der Waals surface area contributed by atoms with Crippen LogP contribution in [0.15, 0.2) is 89.9 Å². The number of hydrogen-bond acceptors (Lipinski definition) is 3. The Balaban J connectivity index is 1.36. The highest BCUT2D eigenvalue weighted by Gasteiger charge is 2.22. The second-order valence-corrected chi connectivity index (χ2v) is 9.26. The fraction of sp³-hybridized carbons (Fsp3) is 0.111. The Labute approximate surface area is 196 Å². The van der Waals surface area contributed by atoms with Crippen LogP contribution in [0.3, 0.4) is 0 Å². The van der Waals surface area contributed by atoms with Crippen LogP contribution in [0, 0.1) is 0 Å². The average molecular weight is 457 g/mol. The molecular weight excluding hydrogens is 436 g/mol. The van der Waals surface area contributed by atoms with Gasteiger partial charge in [0.1, 0.15) is 11.5 Å². The molecule has 3 nitrogen and oxygen atoms in total. The van der Waals surface area contributed by atoms with Gasteiger partial charge in [0, 0.05) is 21.0 Å². The Morgan fingerprint density at radius 1 is 0.844 bits per heavy atom. The first-order valence-electron chi connectivity index (χ1n) is 10.5. The van der Waals surface area contributed by atoms with Gasteiger partial charge in [-0.3, -0.25) is 9.79 Å². The molecule has 0 bridgehead atoms. The molecule has 0 unspecified atom stereocenters. The minimum Gasteiger partial charge on any atom is -0.316 e. The zero-order valence-electron chi connectivity index (χ0n) is 17.3. The molecule has 0 atom stereocenters. The zero-order valence-corrected chi connectivity index (χ0v) is 18.9. The lowest BCUT2D eigenvalue weighted by molar-refractivity contribution is -0.114. The molecule has 0 saturated heterocycles. The van der Waals surface area contributed by atoms with Gasteiger partial charge in [0.25, 0.3) is 0 Å². The molecule has 4 aromatic rings. The first-order chi connectivity index (χ1) is 15.7. The number of rotatable bonds is 5. The van der Waals surface area contributed by atoms with E-state index in [1.165, 1.54) is 21.6 Å². The van der Waals surface area contributed by atoms with Crippen molar-refractivity contribution >= 4 is 39.6 Å². The summed E-state index contributed by atoms with van der Waals surface area (Å²) in [6.45, 7) is 0.102. The lowest BCUT2D eigenvalue weighted by Crippen LogP contribution is -2.12. The second kappa shape index (κ2) is 9.11. The molecule has 0 fully saturated rings. The zero-order chi connectivity index (χ0) is 21.9. The second-order valence-electron chi connectivity index (χ2n) is 7.71. The summed E-state index contributed by atoms with van der Waals surface area (Å²) in [4.78, 5) is 18.0. The van der Waals surface area contributed by atoms with Crippen LogP contribution >= 0.6 is 22.9 Å². The molecule has 0 aliphatic carbocycles. The van der Waals surface area contributed by atoms with Gasteiger partial charge in [0.05, 0.1) is 5.71 Å². The fourth-order valence-electron chi connectivity index (χ4n) is 3.88. The van der Waals surface area contributed by atoms with Gasteiger partial charge in [-0.15, -0.1) is 11.3 Å². The topological polar surface area (TPSA) is 41.5 Å². The molecule has 0 radical (unpaired) electrons. The minimum atomic E-state index is -0.0989. The number of carbonyl (C=O) groups is 1. The molecule has 1 aromatic heterocycles. The van der Waals surface area contributed by atoms with E-state index < -0.39 is 0 Å². The summed E-state index contributed by atoms with van der Waals surface area (Å²) in [5, 5.41) is 4.49. The van der Waals surface area contributed by atoms with E-state index in [-0.39, 0.29) is 12.5 Å². The Hall–Kier alpha value is -3.21. The molecule has 32 heavy (non-hydrogen) atoms. The summed E-state index contributed by atoms with van der Waals surface area (Å²) in [6.07, 6.45) is 1.83. The molecule has 0 spiro atoms. The third-order valence-corrected chi connectivity index (χ3v) is 6.96. The van der Waals surface area contributed by atoms with E-state index in [4.69, 9.17) is 11.6 Å².